The second kappa shape index (κ2) is 1.14. The highest BCUT2D eigenvalue weighted by Crippen LogP contribution is 2.28. The van der Waals surface area contributed by atoms with Crippen LogP contribution in [0.4, 0.5) is 0 Å². The SMILES string of the molecule is C[C@@H]1[C@H](C)N1S. The lowest BCUT2D eigenvalue weighted by Crippen LogP contribution is -1.74. The topological polar surface area (TPSA) is 3.01 Å². The van der Waals surface area contributed by atoms with Gasteiger partial charge in [-0.15, -0.1) is 0 Å². The van der Waals surface area contributed by atoms with E-state index < -0.39 is 0 Å². The van der Waals surface area contributed by atoms with Gasteiger partial charge in [-0.1, -0.05) is 12.8 Å². The molecule has 0 amide bonds. The maximum Gasteiger partial charge on any atom is 0.0338 e. The largest absolute Gasteiger partial charge is 0.244 e. The standard InChI is InChI=1S/C4H9NS/c1-3-4(2)5(3)6/h3-4,6H,1-2H3/t3-,4+,5?. The molecule has 0 aromatic rings. The normalized spacial score (nSPS) is 55.5. The van der Waals surface area contributed by atoms with Gasteiger partial charge in [-0.05, 0) is 13.8 Å². The van der Waals surface area contributed by atoms with Crippen LogP contribution in [0.15, 0.2) is 0 Å². The first-order chi connectivity index (χ1) is 2.73. The Bertz CT molecular complexity index is 44.3. The molecule has 1 nitrogen and oxygen atoms in total. The molecule has 0 aromatic heterocycles. The monoisotopic (exact) mass is 103 g/mol. The first-order valence-corrected chi connectivity index (χ1v) is 2.60. The summed E-state index contributed by atoms with van der Waals surface area (Å²) in [6.45, 7) is 4.33. The Balaban J connectivity index is 2.31. The van der Waals surface area contributed by atoms with Gasteiger partial charge in [0.2, 0.25) is 0 Å². The third kappa shape index (κ3) is 0.444. The summed E-state index contributed by atoms with van der Waals surface area (Å²) in [7, 11) is 0. The van der Waals surface area contributed by atoms with Crippen LogP contribution in [-0.4, -0.2) is 16.4 Å². The van der Waals surface area contributed by atoms with Crippen LogP contribution >= 0.6 is 12.8 Å². The summed E-state index contributed by atoms with van der Waals surface area (Å²) in [5.74, 6) is 0. The van der Waals surface area contributed by atoms with Crippen molar-refractivity contribution < 1.29 is 0 Å². The highest BCUT2D eigenvalue weighted by Gasteiger charge is 2.36. The fourth-order valence-electron chi connectivity index (χ4n) is 0.484. The molecule has 3 atom stereocenters. The highest BCUT2D eigenvalue weighted by atomic mass is 32.1. The molecule has 1 unspecified atom stereocenters. The maximum absolute atomic E-state index is 4.10. The molecule has 1 aliphatic heterocycles. The summed E-state index contributed by atoms with van der Waals surface area (Å²) < 4.78 is 2.03. The highest BCUT2D eigenvalue weighted by molar-refractivity contribution is 7.78. The van der Waals surface area contributed by atoms with Crippen molar-refractivity contribution in [2.24, 2.45) is 0 Å². The number of thiol groups is 1. The van der Waals surface area contributed by atoms with E-state index in [2.05, 4.69) is 26.7 Å². The third-order valence-electron chi connectivity index (χ3n) is 1.44. The van der Waals surface area contributed by atoms with Gasteiger partial charge in [0.1, 0.15) is 0 Å². The summed E-state index contributed by atoms with van der Waals surface area (Å²) in [6.07, 6.45) is 0. The van der Waals surface area contributed by atoms with E-state index in [4.69, 9.17) is 0 Å². The Morgan fingerprint density at radius 2 is 1.50 bits per heavy atom. The van der Waals surface area contributed by atoms with Crippen LogP contribution in [0.25, 0.3) is 0 Å². The molecular formula is C4H9NS. The van der Waals surface area contributed by atoms with Gasteiger partial charge in [0.25, 0.3) is 0 Å². The van der Waals surface area contributed by atoms with Crippen molar-refractivity contribution >= 4 is 12.8 Å². The Hall–Kier alpha value is 0.310. The van der Waals surface area contributed by atoms with Crippen LogP contribution in [-0.2, 0) is 0 Å². The van der Waals surface area contributed by atoms with E-state index in [1.807, 2.05) is 4.31 Å². The van der Waals surface area contributed by atoms with Crippen molar-refractivity contribution in [3.05, 3.63) is 0 Å². The van der Waals surface area contributed by atoms with Gasteiger partial charge in [-0.25, -0.2) is 4.31 Å². The predicted octanol–water partition coefficient (Wildman–Crippen LogP) is 0.924. The van der Waals surface area contributed by atoms with E-state index in [9.17, 15) is 0 Å². The molecule has 36 valence electrons. The number of rotatable bonds is 0. The molecule has 0 radical (unpaired) electrons. The fraction of sp³-hybridized carbons (Fsp3) is 1.00. The Morgan fingerprint density at radius 3 is 1.50 bits per heavy atom. The van der Waals surface area contributed by atoms with Gasteiger partial charge in [-0.2, -0.15) is 0 Å². The predicted molar refractivity (Wildman–Crippen MR) is 29.7 cm³/mol. The van der Waals surface area contributed by atoms with Crippen LogP contribution in [0.2, 0.25) is 0 Å². The molecule has 1 saturated heterocycles. The van der Waals surface area contributed by atoms with Gasteiger partial charge < -0.3 is 0 Å². The van der Waals surface area contributed by atoms with E-state index in [0.717, 1.165) is 0 Å². The molecular weight excluding hydrogens is 94.1 g/mol. The van der Waals surface area contributed by atoms with Gasteiger partial charge in [0.15, 0.2) is 0 Å². The molecule has 1 rings (SSSR count). The molecule has 0 aromatic carbocycles. The summed E-state index contributed by atoms with van der Waals surface area (Å²) in [5.41, 5.74) is 0. The van der Waals surface area contributed by atoms with E-state index in [0.29, 0.717) is 12.1 Å². The van der Waals surface area contributed by atoms with E-state index in [-0.39, 0.29) is 0 Å². The molecule has 1 fully saturated rings. The van der Waals surface area contributed by atoms with Crippen LogP contribution in [0, 0.1) is 0 Å². The third-order valence-corrected chi connectivity index (χ3v) is 2.17. The average Bonchev–Trinajstić information content (AvgIpc) is 1.94. The second-order valence-corrected chi connectivity index (χ2v) is 2.32. The molecule has 0 bridgehead atoms. The zero-order chi connectivity index (χ0) is 4.73. The number of hydrogen-bond acceptors (Lipinski definition) is 2. The molecule has 1 heterocycles. The minimum Gasteiger partial charge on any atom is -0.244 e. The van der Waals surface area contributed by atoms with Crippen molar-refractivity contribution in [2.75, 3.05) is 0 Å². The zero-order valence-corrected chi connectivity index (χ0v) is 4.94. The summed E-state index contributed by atoms with van der Waals surface area (Å²) in [4.78, 5) is 0. The maximum atomic E-state index is 4.10. The van der Waals surface area contributed by atoms with E-state index in [1.54, 1.807) is 0 Å². The Labute approximate surface area is 43.9 Å². The van der Waals surface area contributed by atoms with Crippen LogP contribution in [0.3, 0.4) is 0 Å². The fourth-order valence-corrected chi connectivity index (χ4v) is 0.811. The summed E-state index contributed by atoms with van der Waals surface area (Å²) >= 11 is 4.10. The minimum absolute atomic E-state index is 0.716. The Kier molecular flexibility index (Phi) is 0.848. The van der Waals surface area contributed by atoms with Crippen molar-refractivity contribution in [1.29, 1.82) is 0 Å². The summed E-state index contributed by atoms with van der Waals surface area (Å²) in [5, 5.41) is 0. The summed E-state index contributed by atoms with van der Waals surface area (Å²) in [6, 6.07) is 1.43. The quantitative estimate of drug-likeness (QED) is 0.352. The molecule has 0 aliphatic carbocycles. The average molecular weight is 103 g/mol. The lowest BCUT2D eigenvalue weighted by atomic mass is 10.4. The van der Waals surface area contributed by atoms with Gasteiger partial charge in [-0.3, -0.25) is 0 Å². The molecule has 6 heavy (non-hydrogen) atoms. The number of nitrogens with zero attached hydrogens (tertiary/aromatic N) is 1. The van der Waals surface area contributed by atoms with Crippen LogP contribution in [0.1, 0.15) is 13.8 Å². The zero-order valence-electron chi connectivity index (χ0n) is 4.05. The smallest absolute Gasteiger partial charge is 0.0338 e. The first kappa shape index (κ1) is 4.47. The van der Waals surface area contributed by atoms with Gasteiger partial charge >= 0.3 is 0 Å². The van der Waals surface area contributed by atoms with Crippen molar-refractivity contribution in [2.45, 2.75) is 25.9 Å². The molecule has 1 aliphatic rings. The van der Waals surface area contributed by atoms with Crippen molar-refractivity contribution in [3.63, 3.8) is 0 Å². The lowest BCUT2D eigenvalue weighted by molar-refractivity contribution is 0.826. The van der Waals surface area contributed by atoms with Crippen LogP contribution in [0.5, 0.6) is 0 Å². The van der Waals surface area contributed by atoms with Crippen molar-refractivity contribution in [1.82, 2.24) is 4.31 Å². The molecule has 0 saturated carbocycles. The first-order valence-electron chi connectivity index (χ1n) is 2.20. The van der Waals surface area contributed by atoms with Gasteiger partial charge in [0, 0.05) is 12.1 Å². The molecule has 2 heteroatoms. The van der Waals surface area contributed by atoms with Crippen LogP contribution < -0.4 is 0 Å². The lowest BCUT2D eigenvalue weighted by Gasteiger charge is -1.75. The Morgan fingerprint density at radius 1 is 1.33 bits per heavy atom. The van der Waals surface area contributed by atoms with E-state index in [1.165, 1.54) is 0 Å². The molecule has 0 N–H and O–H groups in total. The molecule has 0 spiro atoms. The number of hydrogen-bond donors (Lipinski definition) is 1. The minimum atomic E-state index is 0.716. The van der Waals surface area contributed by atoms with E-state index >= 15 is 0 Å². The second-order valence-electron chi connectivity index (χ2n) is 1.86. The van der Waals surface area contributed by atoms with Gasteiger partial charge in [0.05, 0.1) is 0 Å². The van der Waals surface area contributed by atoms with Crippen molar-refractivity contribution in [3.8, 4) is 0 Å².